The number of allylic oxidation sites excluding steroid dienone is 11. The maximum atomic E-state index is 6.32. The first kappa shape index (κ1) is 28.9. The average Bonchev–Trinajstić information content (AvgIpc) is 3.62. The van der Waals surface area contributed by atoms with Gasteiger partial charge in [0.15, 0.2) is 0 Å². The van der Waals surface area contributed by atoms with Crippen LogP contribution in [0.3, 0.4) is 0 Å². The Balaban J connectivity index is 1.41. The molecule has 0 saturated carbocycles. The first-order chi connectivity index (χ1) is 21.6. The molecule has 0 spiro atoms. The standard InChI is InChI=1S/C41H33NOS/c1-5-7-13-28(3)21-22-29(4)30-23-24-38-36(25-30)40-32(15-11-20-39(40)44-38)27-42-26-31(14-8-6-2)33-17-12-18-35-34-16-9-10-19-37(34)43-41(33)35/h5-27H,1-2H2,3-4H3/b13-7+,14-8-,28-21+,29-22+,31-26+,42-27?. The van der Waals surface area contributed by atoms with Crippen LogP contribution in [0.25, 0.3) is 53.3 Å². The Morgan fingerprint density at radius 1 is 0.773 bits per heavy atom. The lowest BCUT2D eigenvalue weighted by molar-refractivity contribution is 0.668. The van der Waals surface area contributed by atoms with Crippen LogP contribution < -0.4 is 0 Å². The third-order valence-corrected chi connectivity index (χ3v) is 8.76. The lowest BCUT2D eigenvalue weighted by Gasteiger charge is -2.04. The van der Waals surface area contributed by atoms with Crippen molar-refractivity contribution in [3.63, 3.8) is 0 Å². The molecule has 44 heavy (non-hydrogen) atoms. The maximum Gasteiger partial charge on any atom is 0.143 e. The summed E-state index contributed by atoms with van der Waals surface area (Å²) in [4.78, 5) is 4.86. The second kappa shape index (κ2) is 12.9. The molecule has 6 aromatic rings. The molecule has 3 heteroatoms. The average molecular weight is 588 g/mol. The van der Waals surface area contributed by atoms with E-state index in [1.165, 1.54) is 36.9 Å². The third-order valence-electron chi connectivity index (χ3n) is 7.63. The van der Waals surface area contributed by atoms with Crippen molar-refractivity contribution in [1.82, 2.24) is 0 Å². The van der Waals surface area contributed by atoms with Gasteiger partial charge in [-0.15, -0.1) is 11.3 Å². The van der Waals surface area contributed by atoms with E-state index in [1.54, 1.807) is 12.2 Å². The summed E-state index contributed by atoms with van der Waals surface area (Å²) < 4.78 is 8.83. The zero-order chi connectivity index (χ0) is 30.5. The summed E-state index contributed by atoms with van der Waals surface area (Å²) in [5.41, 5.74) is 8.35. The molecule has 0 atom stereocenters. The Hall–Kier alpha value is -5.25. The van der Waals surface area contributed by atoms with Gasteiger partial charge in [-0.1, -0.05) is 122 Å². The highest BCUT2D eigenvalue weighted by molar-refractivity contribution is 7.25. The Morgan fingerprint density at radius 3 is 2.43 bits per heavy atom. The highest BCUT2D eigenvalue weighted by Gasteiger charge is 2.13. The quantitative estimate of drug-likeness (QED) is 0.122. The van der Waals surface area contributed by atoms with E-state index in [2.05, 4.69) is 106 Å². The maximum absolute atomic E-state index is 6.32. The number of nitrogens with zero attached hydrogens (tertiary/aromatic N) is 1. The Morgan fingerprint density at radius 2 is 1.57 bits per heavy atom. The summed E-state index contributed by atoms with van der Waals surface area (Å²) in [6.45, 7) is 11.9. The van der Waals surface area contributed by atoms with E-state index in [1.807, 2.05) is 60.2 Å². The van der Waals surface area contributed by atoms with E-state index in [-0.39, 0.29) is 0 Å². The van der Waals surface area contributed by atoms with Crippen LogP contribution in [0.1, 0.15) is 30.5 Å². The normalized spacial score (nSPS) is 13.5. The van der Waals surface area contributed by atoms with Crippen molar-refractivity contribution >= 4 is 70.8 Å². The molecule has 6 rings (SSSR count). The number of hydrogen-bond donors (Lipinski definition) is 0. The first-order valence-corrected chi connectivity index (χ1v) is 15.4. The molecule has 4 aromatic carbocycles. The van der Waals surface area contributed by atoms with Crippen molar-refractivity contribution in [2.45, 2.75) is 13.8 Å². The zero-order valence-corrected chi connectivity index (χ0v) is 25.8. The highest BCUT2D eigenvalue weighted by atomic mass is 32.1. The first-order valence-electron chi connectivity index (χ1n) is 14.6. The van der Waals surface area contributed by atoms with Gasteiger partial charge < -0.3 is 4.42 Å². The molecule has 0 saturated heterocycles. The molecule has 0 N–H and O–H groups in total. The highest BCUT2D eigenvalue weighted by Crippen LogP contribution is 2.37. The van der Waals surface area contributed by atoms with Gasteiger partial charge in [-0.3, -0.25) is 4.99 Å². The van der Waals surface area contributed by atoms with E-state index in [0.717, 1.165) is 38.6 Å². The predicted molar refractivity (Wildman–Crippen MR) is 195 cm³/mol. The number of benzene rings is 4. The number of thiophene rings is 1. The van der Waals surface area contributed by atoms with Crippen LogP contribution in [0.2, 0.25) is 0 Å². The largest absolute Gasteiger partial charge is 0.455 e. The molecule has 0 fully saturated rings. The van der Waals surface area contributed by atoms with Gasteiger partial charge in [-0.05, 0) is 49.2 Å². The summed E-state index contributed by atoms with van der Waals surface area (Å²) in [6, 6.07) is 27.6. The van der Waals surface area contributed by atoms with E-state index in [9.17, 15) is 0 Å². The minimum atomic E-state index is 0.854. The number of furan rings is 1. The second-order valence-electron chi connectivity index (χ2n) is 10.6. The Bertz CT molecular complexity index is 2230. The molecule has 2 heterocycles. The van der Waals surface area contributed by atoms with Gasteiger partial charge in [0.1, 0.15) is 11.2 Å². The van der Waals surface area contributed by atoms with Crippen molar-refractivity contribution in [3.05, 3.63) is 169 Å². The minimum Gasteiger partial charge on any atom is -0.455 e. The van der Waals surface area contributed by atoms with Gasteiger partial charge in [0.05, 0.1) is 0 Å². The summed E-state index contributed by atoms with van der Waals surface area (Å²) >= 11 is 1.81. The number of para-hydroxylation sites is 2. The predicted octanol–water partition coefficient (Wildman–Crippen LogP) is 12.2. The number of rotatable bonds is 9. The molecule has 2 nitrogen and oxygen atoms in total. The fraction of sp³-hybridized carbons (Fsp3) is 0.0488. The zero-order valence-electron chi connectivity index (χ0n) is 25.0. The van der Waals surface area contributed by atoms with Gasteiger partial charge in [-0.25, -0.2) is 0 Å². The second-order valence-corrected chi connectivity index (χ2v) is 11.7. The van der Waals surface area contributed by atoms with Gasteiger partial charge in [0.2, 0.25) is 0 Å². The van der Waals surface area contributed by atoms with E-state index in [4.69, 9.17) is 9.41 Å². The van der Waals surface area contributed by atoms with Crippen LogP contribution in [0.4, 0.5) is 0 Å². The van der Waals surface area contributed by atoms with Gasteiger partial charge in [-0.2, -0.15) is 0 Å². The number of aliphatic imine (C=N–C) groups is 1. The van der Waals surface area contributed by atoms with E-state index >= 15 is 0 Å². The Labute approximate surface area is 262 Å². The van der Waals surface area contributed by atoms with Crippen LogP contribution in [0, 0.1) is 0 Å². The summed E-state index contributed by atoms with van der Waals surface area (Å²) in [7, 11) is 0. The van der Waals surface area contributed by atoms with Crippen molar-refractivity contribution in [2.75, 3.05) is 0 Å². The van der Waals surface area contributed by atoms with Gasteiger partial charge in [0.25, 0.3) is 0 Å². The van der Waals surface area contributed by atoms with E-state index in [0.29, 0.717) is 0 Å². The van der Waals surface area contributed by atoms with Crippen LogP contribution in [0.15, 0.2) is 162 Å². The van der Waals surface area contributed by atoms with Gasteiger partial charge >= 0.3 is 0 Å². The Kier molecular flexibility index (Phi) is 8.49. The minimum absolute atomic E-state index is 0.854. The monoisotopic (exact) mass is 587 g/mol. The molecule has 0 aliphatic rings. The summed E-state index contributed by atoms with van der Waals surface area (Å²) in [6.07, 6.45) is 19.7. The fourth-order valence-corrected chi connectivity index (χ4v) is 6.50. The summed E-state index contributed by atoms with van der Waals surface area (Å²) in [5, 5.41) is 4.67. The smallest absolute Gasteiger partial charge is 0.143 e. The fourth-order valence-electron chi connectivity index (χ4n) is 5.38. The lowest BCUT2D eigenvalue weighted by atomic mass is 10.0. The molecular weight excluding hydrogens is 555 g/mol. The summed E-state index contributed by atoms with van der Waals surface area (Å²) in [5.74, 6) is 0. The molecule has 0 bridgehead atoms. The van der Waals surface area contributed by atoms with Crippen molar-refractivity contribution in [2.24, 2.45) is 4.99 Å². The third kappa shape index (κ3) is 5.83. The van der Waals surface area contributed by atoms with Crippen molar-refractivity contribution in [1.29, 1.82) is 0 Å². The van der Waals surface area contributed by atoms with Crippen LogP contribution in [0.5, 0.6) is 0 Å². The molecule has 2 aromatic heterocycles. The molecule has 214 valence electrons. The van der Waals surface area contributed by atoms with Crippen LogP contribution in [-0.4, -0.2) is 6.21 Å². The van der Waals surface area contributed by atoms with Crippen LogP contribution in [-0.2, 0) is 0 Å². The SMILES string of the molecule is C=C/C=C\C(=C/N=Cc1cccc2sc3ccc(/C(C)=C/C=C(C)/C=C/C=C)cc3c12)c1cccc2c1oc1ccccc12. The molecule has 0 amide bonds. The lowest BCUT2D eigenvalue weighted by Crippen LogP contribution is -1.85. The molecular formula is C41H33NOS. The van der Waals surface area contributed by atoms with Gasteiger partial charge in [0, 0.05) is 60.1 Å². The van der Waals surface area contributed by atoms with Crippen molar-refractivity contribution < 1.29 is 4.42 Å². The number of hydrogen-bond acceptors (Lipinski definition) is 3. The van der Waals surface area contributed by atoms with Crippen molar-refractivity contribution in [3.8, 4) is 0 Å². The molecule has 0 aliphatic carbocycles. The molecule has 0 aliphatic heterocycles. The molecule has 0 unspecified atom stereocenters. The topological polar surface area (TPSA) is 25.5 Å². The van der Waals surface area contributed by atoms with E-state index < -0.39 is 0 Å². The molecule has 0 radical (unpaired) electrons. The number of fused-ring (bicyclic) bond motifs is 6. The van der Waals surface area contributed by atoms with Crippen LogP contribution >= 0.6 is 11.3 Å².